The van der Waals surface area contributed by atoms with Crippen molar-refractivity contribution in [3.63, 3.8) is 0 Å². The van der Waals surface area contributed by atoms with Crippen molar-refractivity contribution in [2.45, 2.75) is 11.4 Å². The summed E-state index contributed by atoms with van der Waals surface area (Å²) in [6.07, 6.45) is -4.32. The Hall–Kier alpha value is -1.86. The third-order valence-electron chi connectivity index (χ3n) is 1.48. The van der Waals surface area contributed by atoms with Crippen LogP contribution in [0.25, 0.3) is 0 Å². The van der Waals surface area contributed by atoms with E-state index in [0.717, 1.165) is 6.20 Å². The number of nitriles is 1. The van der Waals surface area contributed by atoms with Crippen LogP contribution in [0.3, 0.4) is 0 Å². The van der Waals surface area contributed by atoms with Crippen molar-refractivity contribution < 1.29 is 26.3 Å². The third-order valence-corrected chi connectivity index (χ3v) is 2.33. The van der Waals surface area contributed by atoms with Gasteiger partial charge in [-0.15, -0.1) is 13.2 Å². The van der Waals surface area contributed by atoms with Crippen molar-refractivity contribution in [1.82, 2.24) is 4.98 Å². The average molecular weight is 267 g/mol. The summed E-state index contributed by atoms with van der Waals surface area (Å²) < 4.78 is 61.3. The van der Waals surface area contributed by atoms with Crippen LogP contribution in [0, 0.1) is 11.3 Å². The fourth-order valence-electron chi connectivity index (χ4n) is 0.954. The number of rotatable bonds is 2. The van der Waals surface area contributed by atoms with Crippen LogP contribution in [0.5, 0.6) is 5.75 Å². The lowest BCUT2D eigenvalue weighted by molar-refractivity contribution is -0.274. The van der Waals surface area contributed by atoms with Crippen LogP contribution in [0.15, 0.2) is 17.3 Å². The number of aromatic nitrogens is 1. The molecule has 10 heteroatoms. The van der Waals surface area contributed by atoms with Crippen LogP contribution in [0.2, 0.25) is 0 Å². The average Bonchev–Trinajstić information content (AvgIpc) is 2.13. The summed E-state index contributed by atoms with van der Waals surface area (Å²) >= 11 is 0. The van der Waals surface area contributed by atoms with E-state index in [1.807, 2.05) is 0 Å². The van der Waals surface area contributed by atoms with Crippen LogP contribution in [0.1, 0.15) is 5.56 Å². The van der Waals surface area contributed by atoms with Crippen molar-refractivity contribution in [2.24, 2.45) is 5.14 Å². The Morgan fingerprint density at radius 1 is 1.47 bits per heavy atom. The second-order valence-corrected chi connectivity index (χ2v) is 4.17. The molecular weight excluding hydrogens is 263 g/mol. The molecule has 0 unspecified atom stereocenters. The van der Waals surface area contributed by atoms with Crippen LogP contribution >= 0.6 is 0 Å². The third kappa shape index (κ3) is 3.30. The van der Waals surface area contributed by atoms with Gasteiger partial charge in [0, 0.05) is 12.3 Å². The molecule has 1 heterocycles. The highest BCUT2D eigenvalue weighted by atomic mass is 32.2. The molecule has 0 fully saturated rings. The highest BCUT2D eigenvalue weighted by molar-refractivity contribution is 7.89. The zero-order valence-corrected chi connectivity index (χ0v) is 8.71. The van der Waals surface area contributed by atoms with E-state index in [1.54, 1.807) is 0 Å². The fraction of sp³-hybridized carbons (Fsp3) is 0.143. The van der Waals surface area contributed by atoms with Gasteiger partial charge in [0.1, 0.15) is 11.6 Å². The molecule has 0 spiro atoms. The molecule has 0 bridgehead atoms. The van der Waals surface area contributed by atoms with Gasteiger partial charge >= 0.3 is 6.36 Å². The topological polar surface area (TPSA) is 106 Å². The van der Waals surface area contributed by atoms with Gasteiger partial charge < -0.3 is 4.74 Å². The van der Waals surface area contributed by atoms with Crippen molar-refractivity contribution >= 4 is 10.0 Å². The van der Waals surface area contributed by atoms with E-state index < -0.39 is 32.7 Å². The van der Waals surface area contributed by atoms with Crippen LogP contribution in [-0.2, 0) is 10.0 Å². The molecule has 0 aliphatic rings. The van der Waals surface area contributed by atoms with E-state index in [-0.39, 0.29) is 0 Å². The minimum absolute atomic E-state index is 0.709. The Morgan fingerprint density at radius 3 is 2.47 bits per heavy atom. The standard InChI is InChI=1S/C7H4F3N3O3S/c8-7(9,10)16-5-1-2-13-6(4(5)3-11)17(12,14)15/h1-2H,(H2,12,14,15). The Morgan fingerprint density at radius 2 is 2.06 bits per heavy atom. The summed E-state index contributed by atoms with van der Waals surface area (Å²) in [4.78, 5) is 3.23. The number of hydrogen-bond donors (Lipinski definition) is 1. The lowest BCUT2D eigenvalue weighted by atomic mass is 10.3. The van der Waals surface area contributed by atoms with Gasteiger partial charge in [-0.25, -0.2) is 18.5 Å². The van der Waals surface area contributed by atoms with Crippen LogP contribution in [0.4, 0.5) is 13.2 Å². The smallest absolute Gasteiger partial charge is 0.404 e. The van der Waals surface area contributed by atoms with Crippen LogP contribution < -0.4 is 9.88 Å². The number of halogens is 3. The first-order chi connectivity index (χ1) is 7.65. The molecular formula is C7H4F3N3O3S. The molecule has 2 N–H and O–H groups in total. The first-order valence-electron chi connectivity index (χ1n) is 3.83. The maximum atomic E-state index is 12.0. The van der Waals surface area contributed by atoms with Crippen molar-refractivity contribution in [3.8, 4) is 11.8 Å². The monoisotopic (exact) mass is 267 g/mol. The minimum atomic E-state index is -5.05. The molecule has 0 aromatic carbocycles. The Kier molecular flexibility index (Phi) is 3.25. The summed E-state index contributed by atoms with van der Waals surface area (Å²) in [6.45, 7) is 0. The normalized spacial score (nSPS) is 11.9. The zero-order chi connectivity index (χ0) is 13.3. The van der Waals surface area contributed by atoms with Gasteiger partial charge in [-0.2, -0.15) is 5.26 Å². The number of nitrogens with two attached hydrogens (primary N) is 1. The van der Waals surface area contributed by atoms with Gasteiger partial charge in [-0.3, -0.25) is 0 Å². The maximum absolute atomic E-state index is 12.0. The minimum Gasteiger partial charge on any atom is -0.404 e. The van der Waals surface area contributed by atoms with Gasteiger partial charge in [0.2, 0.25) is 0 Å². The number of nitrogens with zero attached hydrogens (tertiary/aromatic N) is 2. The number of pyridine rings is 1. The highest BCUT2D eigenvalue weighted by Crippen LogP contribution is 2.28. The predicted molar refractivity (Wildman–Crippen MR) is 47.0 cm³/mol. The van der Waals surface area contributed by atoms with Crippen molar-refractivity contribution in [1.29, 1.82) is 5.26 Å². The Balaban J connectivity index is 3.41. The van der Waals surface area contributed by atoms with Gasteiger partial charge in [0.25, 0.3) is 10.0 Å². The summed E-state index contributed by atoms with van der Waals surface area (Å²) in [6, 6.07) is 1.96. The summed E-state index contributed by atoms with van der Waals surface area (Å²) in [7, 11) is -4.40. The quantitative estimate of drug-likeness (QED) is 0.839. The second-order valence-electron chi connectivity index (χ2n) is 2.69. The van der Waals surface area contributed by atoms with E-state index in [9.17, 15) is 21.6 Å². The molecule has 92 valence electrons. The molecule has 0 amide bonds. The van der Waals surface area contributed by atoms with Gasteiger partial charge in [-0.1, -0.05) is 0 Å². The lowest BCUT2D eigenvalue weighted by Gasteiger charge is -2.10. The molecule has 0 atom stereocenters. The number of primary sulfonamides is 1. The molecule has 17 heavy (non-hydrogen) atoms. The number of hydrogen-bond acceptors (Lipinski definition) is 5. The van der Waals surface area contributed by atoms with Crippen molar-refractivity contribution in [2.75, 3.05) is 0 Å². The molecule has 1 rings (SSSR count). The molecule has 1 aromatic heterocycles. The molecule has 6 nitrogen and oxygen atoms in total. The van der Waals surface area contributed by atoms with E-state index in [0.29, 0.717) is 6.07 Å². The second kappa shape index (κ2) is 4.19. The summed E-state index contributed by atoms with van der Waals surface area (Å²) in [5, 5.41) is 12.3. The van der Waals surface area contributed by atoms with Gasteiger partial charge in [-0.05, 0) is 0 Å². The molecule has 1 aromatic rings. The van der Waals surface area contributed by atoms with Crippen molar-refractivity contribution in [3.05, 3.63) is 17.8 Å². The molecule has 0 saturated heterocycles. The van der Waals surface area contributed by atoms with Gasteiger partial charge in [0.15, 0.2) is 10.8 Å². The molecule has 0 radical (unpaired) electrons. The lowest BCUT2D eigenvalue weighted by Crippen LogP contribution is -2.20. The Labute approximate surface area is 93.5 Å². The first-order valence-corrected chi connectivity index (χ1v) is 5.37. The molecule has 0 saturated carbocycles. The van der Waals surface area contributed by atoms with E-state index in [1.165, 1.54) is 6.07 Å². The zero-order valence-electron chi connectivity index (χ0n) is 7.89. The highest BCUT2D eigenvalue weighted by Gasteiger charge is 2.33. The van der Waals surface area contributed by atoms with E-state index in [2.05, 4.69) is 14.9 Å². The maximum Gasteiger partial charge on any atom is 0.573 e. The Bertz CT molecular complexity index is 576. The first kappa shape index (κ1) is 13.2. The molecule has 0 aliphatic carbocycles. The number of ether oxygens (including phenoxy) is 1. The van der Waals surface area contributed by atoms with Crippen LogP contribution in [-0.4, -0.2) is 19.8 Å². The van der Waals surface area contributed by atoms with E-state index >= 15 is 0 Å². The predicted octanol–water partition coefficient (Wildman–Crippen LogP) is 0.499. The van der Waals surface area contributed by atoms with Gasteiger partial charge in [0.05, 0.1) is 0 Å². The number of alkyl halides is 3. The fourth-order valence-corrected chi connectivity index (χ4v) is 1.59. The number of sulfonamides is 1. The largest absolute Gasteiger partial charge is 0.573 e. The summed E-state index contributed by atoms with van der Waals surface area (Å²) in [5.74, 6) is -0.973. The van der Waals surface area contributed by atoms with E-state index in [4.69, 9.17) is 5.26 Å². The SMILES string of the molecule is N#Cc1c(OC(F)(F)F)ccnc1S(N)(=O)=O. The molecule has 0 aliphatic heterocycles. The summed E-state index contributed by atoms with van der Waals surface area (Å²) in [5.41, 5.74) is -0.896.